The number of fused-ring (bicyclic) bond motifs is 1. The second kappa shape index (κ2) is 9.86. The summed E-state index contributed by atoms with van der Waals surface area (Å²) in [5.74, 6) is -1.80. The predicted octanol–water partition coefficient (Wildman–Crippen LogP) is 4.92. The minimum absolute atomic E-state index is 0.0860. The maximum Gasteiger partial charge on any atom is 0.328 e. The van der Waals surface area contributed by atoms with Crippen LogP contribution < -0.4 is 20.8 Å². The van der Waals surface area contributed by atoms with E-state index in [1.165, 1.54) is 11.8 Å². The molecule has 4 rings (SSSR count). The van der Waals surface area contributed by atoms with Crippen molar-refractivity contribution in [3.63, 3.8) is 0 Å². The van der Waals surface area contributed by atoms with Crippen LogP contribution in [0, 0.1) is 0 Å². The molecule has 3 aromatic carbocycles. The lowest BCUT2D eigenvalue weighted by Gasteiger charge is -2.13. The summed E-state index contributed by atoms with van der Waals surface area (Å²) in [6, 6.07) is 19.6. The molecule has 8 nitrogen and oxygen atoms in total. The molecule has 0 unspecified atom stereocenters. The van der Waals surface area contributed by atoms with Gasteiger partial charge in [0.1, 0.15) is 11.4 Å². The molecule has 3 N–H and O–H groups in total. The summed E-state index contributed by atoms with van der Waals surface area (Å²) in [5.41, 5.74) is 3.92. The zero-order valence-corrected chi connectivity index (χ0v) is 19.3. The minimum atomic E-state index is -0.972. The van der Waals surface area contributed by atoms with Crippen molar-refractivity contribution in [1.29, 1.82) is 0 Å². The first-order chi connectivity index (χ1) is 16.3. The van der Waals surface area contributed by atoms with E-state index in [-0.39, 0.29) is 5.69 Å². The molecule has 0 fully saturated rings. The highest BCUT2D eigenvalue weighted by molar-refractivity contribution is 6.42. The normalized spacial score (nSPS) is 10.6. The molecule has 4 aromatic rings. The fourth-order valence-electron chi connectivity index (χ4n) is 3.25. The van der Waals surface area contributed by atoms with Gasteiger partial charge in [-0.3, -0.25) is 19.8 Å². The first-order valence-electron chi connectivity index (χ1n) is 9.98. The van der Waals surface area contributed by atoms with E-state index in [2.05, 4.69) is 16.1 Å². The highest BCUT2D eigenvalue weighted by atomic mass is 35.5. The number of hydrogen-bond donors (Lipinski definition) is 3. The topological polar surface area (TPSA) is 101 Å². The summed E-state index contributed by atoms with van der Waals surface area (Å²) in [6.07, 6.45) is 0. The van der Waals surface area contributed by atoms with Crippen LogP contribution in [0.4, 0.5) is 11.4 Å². The van der Waals surface area contributed by atoms with E-state index >= 15 is 0 Å². The lowest BCUT2D eigenvalue weighted by atomic mass is 10.2. The van der Waals surface area contributed by atoms with Crippen LogP contribution in [-0.2, 0) is 9.59 Å². The van der Waals surface area contributed by atoms with Gasteiger partial charge in [-0.1, -0.05) is 29.3 Å². The van der Waals surface area contributed by atoms with Crippen LogP contribution >= 0.6 is 23.2 Å². The number of hydrogen-bond acceptors (Lipinski definition) is 4. The Hall–Kier alpha value is -4.01. The van der Waals surface area contributed by atoms with Crippen LogP contribution in [0.1, 0.15) is 10.5 Å². The standard InChI is InChI=1S/C24H18Cl2N4O4/c1-34-19-8-6-17(7-9-19)27-23(32)24(33)29-30-20-10-5-16(26)11-14(20)12-21(30)22(31)28-18-4-2-3-15(25)13-18/h2-13H,1H3,(H,27,32)(H,28,31)(H,29,33). The summed E-state index contributed by atoms with van der Waals surface area (Å²) in [4.78, 5) is 38.2. The van der Waals surface area contributed by atoms with Gasteiger partial charge in [0.05, 0.1) is 12.6 Å². The van der Waals surface area contributed by atoms with Crippen molar-refractivity contribution in [2.45, 2.75) is 0 Å². The van der Waals surface area contributed by atoms with Gasteiger partial charge < -0.3 is 15.4 Å². The van der Waals surface area contributed by atoms with Crippen molar-refractivity contribution in [2.75, 3.05) is 23.2 Å². The van der Waals surface area contributed by atoms with Gasteiger partial charge in [0.15, 0.2) is 0 Å². The van der Waals surface area contributed by atoms with E-state index < -0.39 is 17.7 Å². The summed E-state index contributed by atoms with van der Waals surface area (Å²) < 4.78 is 6.31. The molecule has 34 heavy (non-hydrogen) atoms. The number of rotatable bonds is 5. The Labute approximate surface area is 204 Å². The summed E-state index contributed by atoms with van der Waals surface area (Å²) in [7, 11) is 1.52. The van der Waals surface area contributed by atoms with Gasteiger partial charge in [0, 0.05) is 26.8 Å². The van der Waals surface area contributed by atoms with Crippen molar-refractivity contribution in [1.82, 2.24) is 4.68 Å². The molecule has 0 aliphatic rings. The van der Waals surface area contributed by atoms with Gasteiger partial charge in [-0.05, 0) is 66.7 Å². The first-order valence-corrected chi connectivity index (χ1v) is 10.7. The van der Waals surface area contributed by atoms with Crippen molar-refractivity contribution in [2.24, 2.45) is 0 Å². The molecular weight excluding hydrogens is 479 g/mol. The summed E-state index contributed by atoms with van der Waals surface area (Å²) in [5, 5.41) is 6.73. The molecule has 10 heteroatoms. The summed E-state index contributed by atoms with van der Waals surface area (Å²) in [6.45, 7) is 0. The maximum atomic E-state index is 13.0. The number of nitrogens with zero attached hydrogens (tertiary/aromatic N) is 1. The van der Waals surface area contributed by atoms with E-state index in [0.717, 1.165) is 0 Å². The van der Waals surface area contributed by atoms with E-state index in [0.29, 0.717) is 38.1 Å². The number of methoxy groups -OCH3 is 1. The molecule has 0 aliphatic heterocycles. The Kier molecular flexibility index (Phi) is 6.72. The number of benzene rings is 3. The monoisotopic (exact) mass is 496 g/mol. The first kappa shape index (κ1) is 23.2. The molecule has 0 radical (unpaired) electrons. The van der Waals surface area contributed by atoms with Crippen molar-refractivity contribution in [3.8, 4) is 5.75 Å². The summed E-state index contributed by atoms with van der Waals surface area (Å²) >= 11 is 12.1. The zero-order chi connectivity index (χ0) is 24.2. The van der Waals surface area contributed by atoms with E-state index in [4.69, 9.17) is 27.9 Å². The van der Waals surface area contributed by atoms with E-state index in [1.54, 1.807) is 72.8 Å². The SMILES string of the molecule is COc1ccc(NC(=O)C(=O)Nn2c(C(=O)Nc3cccc(Cl)c3)cc3cc(Cl)ccc32)cc1. The van der Waals surface area contributed by atoms with Gasteiger partial charge in [0.2, 0.25) is 0 Å². The number of ether oxygens (including phenoxy) is 1. The second-order valence-electron chi connectivity index (χ2n) is 7.16. The maximum absolute atomic E-state index is 13.0. The Morgan fingerprint density at radius 3 is 2.24 bits per heavy atom. The number of anilines is 2. The third kappa shape index (κ3) is 5.14. The molecule has 0 aliphatic carbocycles. The predicted molar refractivity (Wildman–Crippen MR) is 132 cm³/mol. The van der Waals surface area contributed by atoms with Gasteiger partial charge in [-0.2, -0.15) is 0 Å². The smallest absolute Gasteiger partial charge is 0.328 e. The molecule has 0 saturated heterocycles. The van der Waals surface area contributed by atoms with Crippen molar-refractivity contribution < 1.29 is 19.1 Å². The fraction of sp³-hybridized carbons (Fsp3) is 0.0417. The van der Waals surface area contributed by atoms with Crippen molar-refractivity contribution >= 4 is 63.2 Å². The minimum Gasteiger partial charge on any atom is -0.497 e. The Bertz CT molecular complexity index is 1400. The molecule has 0 atom stereocenters. The fourth-order valence-corrected chi connectivity index (χ4v) is 3.62. The number of nitrogens with one attached hydrogen (secondary N) is 3. The highest BCUT2D eigenvalue weighted by Crippen LogP contribution is 2.24. The molecule has 0 bridgehead atoms. The molecule has 3 amide bonds. The number of carbonyl (C=O) groups is 3. The molecule has 0 spiro atoms. The van der Waals surface area contributed by atoms with Gasteiger partial charge in [0.25, 0.3) is 5.91 Å². The van der Waals surface area contributed by atoms with E-state index in [9.17, 15) is 14.4 Å². The molecular formula is C24H18Cl2N4O4. The largest absolute Gasteiger partial charge is 0.497 e. The zero-order valence-electron chi connectivity index (χ0n) is 17.8. The van der Waals surface area contributed by atoms with Crippen LogP contribution in [0.5, 0.6) is 5.75 Å². The third-order valence-corrected chi connectivity index (χ3v) is 5.32. The average Bonchev–Trinajstić information content (AvgIpc) is 3.17. The second-order valence-corrected chi connectivity index (χ2v) is 8.03. The molecule has 0 saturated carbocycles. The number of aromatic nitrogens is 1. The van der Waals surface area contributed by atoms with Crippen molar-refractivity contribution in [3.05, 3.63) is 88.5 Å². The highest BCUT2D eigenvalue weighted by Gasteiger charge is 2.21. The Morgan fingerprint density at radius 2 is 1.53 bits per heavy atom. The van der Waals surface area contributed by atoms with Gasteiger partial charge in [-0.25, -0.2) is 4.68 Å². The third-order valence-electron chi connectivity index (χ3n) is 4.85. The average molecular weight is 497 g/mol. The van der Waals surface area contributed by atoms with Crippen LogP contribution in [-0.4, -0.2) is 29.5 Å². The van der Waals surface area contributed by atoms with Crippen LogP contribution in [0.3, 0.4) is 0 Å². The quantitative estimate of drug-likeness (QED) is 0.341. The molecule has 1 aromatic heterocycles. The van der Waals surface area contributed by atoms with Gasteiger partial charge in [-0.15, -0.1) is 0 Å². The number of halogens is 2. The molecule has 1 heterocycles. The van der Waals surface area contributed by atoms with Crippen LogP contribution in [0.15, 0.2) is 72.8 Å². The van der Waals surface area contributed by atoms with Crippen LogP contribution in [0.2, 0.25) is 10.0 Å². The number of carbonyl (C=O) groups excluding carboxylic acids is 3. The Morgan fingerprint density at radius 1 is 0.794 bits per heavy atom. The van der Waals surface area contributed by atoms with Crippen LogP contribution in [0.25, 0.3) is 10.9 Å². The number of amides is 3. The Balaban J connectivity index is 1.60. The lowest BCUT2D eigenvalue weighted by Crippen LogP contribution is -2.36. The molecule has 172 valence electrons. The van der Waals surface area contributed by atoms with E-state index in [1.807, 2.05) is 0 Å². The van der Waals surface area contributed by atoms with Gasteiger partial charge >= 0.3 is 11.8 Å². The lowest BCUT2D eigenvalue weighted by molar-refractivity contribution is -0.133.